The first-order valence-electron chi connectivity index (χ1n) is 6.61. The Balaban J connectivity index is 2.25. The van der Waals surface area contributed by atoms with Crippen molar-refractivity contribution in [2.24, 2.45) is 0 Å². The number of anilines is 2. The molecule has 1 amide bonds. The Kier molecular flexibility index (Phi) is 3.72. The summed E-state index contributed by atoms with van der Waals surface area (Å²) in [6.45, 7) is 7.63. The summed E-state index contributed by atoms with van der Waals surface area (Å²) in [6, 6.07) is 4.53. The van der Waals surface area contributed by atoms with Gasteiger partial charge < -0.3 is 11.1 Å². The molecule has 112 valence electrons. The maximum atomic E-state index is 14.0. The number of benzene rings is 1. The second-order valence-corrected chi connectivity index (χ2v) is 6.07. The number of nitrogen functional groups attached to an aromatic ring is 1. The molecule has 0 aliphatic rings. The molecule has 0 spiro atoms. The standard InChI is InChI=1S/C15H19FN4O/c1-8-5-9(17)6-10(13(8)16)14(21)18-12-7-11(19-20-12)15(2,3)4/h5-7H,17H2,1-4H3,(H2,18,19,20,21). The lowest BCUT2D eigenvalue weighted by Gasteiger charge is -2.14. The van der Waals surface area contributed by atoms with E-state index in [0.717, 1.165) is 5.69 Å². The minimum atomic E-state index is -0.576. The van der Waals surface area contributed by atoms with Gasteiger partial charge in [0.2, 0.25) is 0 Å². The Morgan fingerprint density at radius 1 is 1.33 bits per heavy atom. The average molecular weight is 290 g/mol. The van der Waals surface area contributed by atoms with Crippen molar-refractivity contribution in [2.45, 2.75) is 33.1 Å². The molecular weight excluding hydrogens is 271 g/mol. The van der Waals surface area contributed by atoms with Crippen LogP contribution in [0, 0.1) is 12.7 Å². The lowest BCUT2D eigenvalue weighted by Crippen LogP contribution is -2.15. The number of aryl methyl sites for hydroxylation is 1. The second kappa shape index (κ2) is 5.20. The number of aromatic amines is 1. The number of nitrogens with one attached hydrogen (secondary N) is 2. The largest absolute Gasteiger partial charge is 0.399 e. The SMILES string of the molecule is Cc1cc(N)cc(C(=O)Nc2cc(C(C)(C)C)[nH]n2)c1F. The van der Waals surface area contributed by atoms with Gasteiger partial charge >= 0.3 is 0 Å². The molecule has 0 saturated heterocycles. The molecule has 6 heteroatoms. The van der Waals surface area contributed by atoms with Gasteiger partial charge in [0.1, 0.15) is 5.82 Å². The highest BCUT2D eigenvalue weighted by atomic mass is 19.1. The van der Waals surface area contributed by atoms with Crippen LogP contribution in [0.4, 0.5) is 15.9 Å². The number of hydrogen-bond donors (Lipinski definition) is 3. The van der Waals surface area contributed by atoms with Crippen LogP contribution in [0.15, 0.2) is 18.2 Å². The smallest absolute Gasteiger partial charge is 0.259 e. The summed E-state index contributed by atoms with van der Waals surface area (Å²) in [5.74, 6) is -0.799. The predicted molar refractivity (Wildman–Crippen MR) is 80.8 cm³/mol. The van der Waals surface area contributed by atoms with Crippen LogP contribution in [0.3, 0.4) is 0 Å². The minimum Gasteiger partial charge on any atom is -0.399 e. The van der Waals surface area contributed by atoms with Crippen LogP contribution >= 0.6 is 0 Å². The van der Waals surface area contributed by atoms with E-state index in [4.69, 9.17) is 5.73 Å². The number of aromatic nitrogens is 2. The van der Waals surface area contributed by atoms with Gasteiger partial charge in [0.15, 0.2) is 5.82 Å². The highest BCUT2D eigenvalue weighted by molar-refractivity contribution is 6.04. The molecule has 21 heavy (non-hydrogen) atoms. The van der Waals surface area contributed by atoms with Gasteiger partial charge in [-0.3, -0.25) is 9.89 Å². The van der Waals surface area contributed by atoms with E-state index in [2.05, 4.69) is 15.5 Å². The van der Waals surface area contributed by atoms with Crippen molar-refractivity contribution in [1.29, 1.82) is 0 Å². The summed E-state index contributed by atoms with van der Waals surface area (Å²) < 4.78 is 14.0. The maximum Gasteiger partial charge on any atom is 0.259 e. The van der Waals surface area contributed by atoms with E-state index in [1.807, 2.05) is 20.8 Å². The number of carbonyl (C=O) groups excluding carboxylic acids is 1. The first kappa shape index (κ1) is 15.0. The van der Waals surface area contributed by atoms with E-state index in [1.165, 1.54) is 12.1 Å². The lowest BCUT2D eigenvalue weighted by molar-refractivity contribution is 0.102. The number of nitrogens with zero attached hydrogens (tertiary/aromatic N) is 1. The quantitative estimate of drug-likeness (QED) is 0.743. The van der Waals surface area contributed by atoms with Crippen molar-refractivity contribution >= 4 is 17.4 Å². The topological polar surface area (TPSA) is 83.8 Å². The van der Waals surface area contributed by atoms with Crippen LogP contribution in [0.1, 0.15) is 42.4 Å². The monoisotopic (exact) mass is 290 g/mol. The highest BCUT2D eigenvalue weighted by Crippen LogP contribution is 2.23. The van der Waals surface area contributed by atoms with Crippen molar-refractivity contribution in [3.63, 3.8) is 0 Å². The van der Waals surface area contributed by atoms with Crippen molar-refractivity contribution in [1.82, 2.24) is 10.2 Å². The van der Waals surface area contributed by atoms with Crippen LogP contribution in [0.2, 0.25) is 0 Å². The number of rotatable bonds is 2. The molecule has 4 N–H and O–H groups in total. The molecule has 2 rings (SSSR count). The fourth-order valence-corrected chi connectivity index (χ4v) is 1.92. The molecule has 0 unspecified atom stereocenters. The molecule has 0 fully saturated rings. The molecule has 1 aromatic carbocycles. The third-order valence-corrected chi connectivity index (χ3v) is 3.15. The van der Waals surface area contributed by atoms with E-state index < -0.39 is 11.7 Å². The van der Waals surface area contributed by atoms with Crippen LogP contribution in [-0.4, -0.2) is 16.1 Å². The van der Waals surface area contributed by atoms with Crippen LogP contribution < -0.4 is 11.1 Å². The van der Waals surface area contributed by atoms with Gasteiger partial charge in [-0.05, 0) is 24.6 Å². The molecule has 0 radical (unpaired) electrons. The Hall–Kier alpha value is -2.37. The van der Waals surface area contributed by atoms with Gasteiger partial charge in [-0.1, -0.05) is 20.8 Å². The van der Waals surface area contributed by atoms with Crippen LogP contribution in [0.5, 0.6) is 0 Å². The first-order valence-corrected chi connectivity index (χ1v) is 6.61. The van der Waals surface area contributed by atoms with Gasteiger partial charge in [0.05, 0.1) is 5.56 Å². The van der Waals surface area contributed by atoms with Gasteiger partial charge in [0.25, 0.3) is 5.91 Å². The van der Waals surface area contributed by atoms with Crippen molar-refractivity contribution in [2.75, 3.05) is 11.1 Å². The number of nitrogens with two attached hydrogens (primary N) is 1. The first-order chi connectivity index (χ1) is 9.68. The summed E-state index contributed by atoms with van der Waals surface area (Å²) in [5, 5.41) is 9.44. The minimum absolute atomic E-state index is 0.0900. The third kappa shape index (κ3) is 3.21. The summed E-state index contributed by atoms with van der Waals surface area (Å²) >= 11 is 0. The Labute approximate surface area is 122 Å². The fraction of sp³-hybridized carbons (Fsp3) is 0.333. The molecule has 1 heterocycles. The van der Waals surface area contributed by atoms with Crippen molar-refractivity contribution in [3.8, 4) is 0 Å². The highest BCUT2D eigenvalue weighted by Gasteiger charge is 2.19. The van der Waals surface area contributed by atoms with Crippen LogP contribution in [0.25, 0.3) is 0 Å². The zero-order chi connectivity index (χ0) is 15.8. The zero-order valence-corrected chi connectivity index (χ0v) is 12.5. The van der Waals surface area contributed by atoms with Crippen molar-refractivity contribution in [3.05, 3.63) is 40.8 Å². The maximum absolute atomic E-state index is 14.0. The predicted octanol–water partition coefficient (Wildman–Crippen LogP) is 2.99. The van der Waals surface area contributed by atoms with Gasteiger partial charge in [-0.25, -0.2) is 4.39 Å². The lowest BCUT2D eigenvalue weighted by atomic mass is 9.92. The normalized spacial score (nSPS) is 11.5. The van der Waals surface area contributed by atoms with E-state index in [0.29, 0.717) is 17.1 Å². The molecule has 0 bridgehead atoms. The molecule has 0 atom stereocenters. The van der Waals surface area contributed by atoms with Gasteiger partial charge in [0, 0.05) is 22.9 Å². The van der Waals surface area contributed by atoms with E-state index in [1.54, 1.807) is 13.0 Å². The van der Waals surface area contributed by atoms with E-state index in [9.17, 15) is 9.18 Å². The third-order valence-electron chi connectivity index (χ3n) is 3.15. The zero-order valence-electron chi connectivity index (χ0n) is 12.5. The summed E-state index contributed by atoms with van der Waals surface area (Å²) in [6.07, 6.45) is 0. The second-order valence-electron chi connectivity index (χ2n) is 6.07. The van der Waals surface area contributed by atoms with E-state index >= 15 is 0 Å². The number of H-pyrrole nitrogens is 1. The molecular formula is C15H19FN4O. The molecule has 0 saturated carbocycles. The molecule has 2 aromatic rings. The fourth-order valence-electron chi connectivity index (χ4n) is 1.92. The molecule has 0 aliphatic heterocycles. The Bertz CT molecular complexity index is 685. The molecule has 0 aliphatic carbocycles. The van der Waals surface area contributed by atoms with Crippen LogP contribution in [-0.2, 0) is 5.41 Å². The summed E-state index contributed by atoms with van der Waals surface area (Å²) in [5.41, 5.74) is 7.00. The van der Waals surface area contributed by atoms with Gasteiger partial charge in [-0.2, -0.15) is 5.10 Å². The Morgan fingerprint density at radius 2 is 2.00 bits per heavy atom. The molecule has 5 nitrogen and oxygen atoms in total. The molecule has 1 aromatic heterocycles. The summed E-state index contributed by atoms with van der Waals surface area (Å²) in [7, 11) is 0. The number of amides is 1. The van der Waals surface area contributed by atoms with E-state index in [-0.39, 0.29) is 11.0 Å². The Morgan fingerprint density at radius 3 is 2.57 bits per heavy atom. The number of hydrogen-bond acceptors (Lipinski definition) is 3. The number of carbonyl (C=O) groups is 1. The number of halogens is 1. The van der Waals surface area contributed by atoms with Gasteiger partial charge in [-0.15, -0.1) is 0 Å². The summed E-state index contributed by atoms with van der Waals surface area (Å²) in [4.78, 5) is 12.1. The van der Waals surface area contributed by atoms with Crippen molar-refractivity contribution < 1.29 is 9.18 Å². The average Bonchev–Trinajstić information content (AvgIpc) is 2.82.